The van der Waals surface area contributed by atoms with Gasteiger partial charge in [0.2, 0.25) is 0 Å². The molecule has 0 aromatic heterocycles. The summed E-state index contributed by atoms with van der Waals surface area (Å²) in [5.74, 6) is 0.866. The molecule has 2 unspecified atom stereocenters. The Kier molecular flexibility index (Phi) is 14.0. The number of nitrogens with one attached hydrogen (secondary N) is 4. The quantitative estimate of drug-likeness (QED) is 0.337. The molecule has 3 aliphatic rings. The second kappa shape index (κ2) is 13.5. The normalized spacial score (nSPS) is 23.4. The highest BCUT2D eigenvalue weighted by Crippen LogP contribution is 2.26. The molecule has 3 aliphatic heterocycles. The molecule has 3 rings (SSSR count). The minimum atomic E-state index is 0. The first-order chi connectivity index (χ1) is 13.2. The molecule has 0 saturated carbocycles. The van der Waals surface area contributed by atoms with Gasteiger partial charge in [0.25, 0.3) is 0 Å². The van der Waals surface area contributed by atoms with Crippen molar-refractivity contribution in [1.29, 1.82) is 0 Å². The molecule has 2 fully saturated rings. The third kappa shape index (κ3) is 12.6. The van der Waals surface area contributed by atoms with Crippen LogP contribution in [0.5, 0.6) is 0 Å². The van der Waals surface area contributed by atoms with Crippen LogP contribution in [0.25, 0.3) is 0 Å². The van der Waals surface area contributed by atoms with Crippen molar-refractivity contribution in [3.05, 3.63) is 24.3 Å². The second-order valence-corrected chi connectivity index (χ2v) is 11.9. The zero-order valence-corrected chi connectivity index (χ0v) is 20.9. The van der Waals surface area contributed by atoms with Crippen molar-refractivity contribution >= 4 is 0 Å². The zero-order valence-electron chi connectivity index (χ0n) is 20.9. The minimum absolute atomic E-state index is 0. The average Bonchev–Trinajstić information content (AvgIpc) is 3.26. The molecule has 0 radical (unpaired) electrons. The molecule has 2 saturated heterocycles. The maximum absolute atomic E-state index is 3.74. The van der Waals surface area contributed by atoms with E-state index in [9.17, 15) is 0 Å². The van der Waals surface area contributed by atoms with Crippen LogP contribution in [0.2, 0.25) is 0 Å². The summed E-state index contributed by atoms with van der Waals surface area (Å²) in [5, 5.41) is 13.2. The van der Waals surface area contributed by atoms with Gasteiger partial charge >= 0.3 is 0 Å². The lowest BCUT2D eigenvalue weighted by atomic mass is 9.82. The first-order valence-electron chi connectivity index (χ1n) is 11.6. The molecule has 4 heteroatoms. The molecule has 0 amide bonds. The van der Waals surface area contributed by atoms with Crippen LogP contribution < -0.4 is 21.3 Å². The fourth-order valence-electron chi connectivity index (χ4n) is 3.81. The monoisotopic (exact) mass is 438 g/mol. The predicted octanol–water partition coefficient (Wildman–Crippen LogP) is 6.77. The van der Waals surface area contributed by atoms with E-state index in [0.29, 0.717) is 10.8 Å². The van der Waals surface area contributed by atoms with Gasteiger partial charge in [-0.2, -0.15) is 0 Å². The maximum atomic E-state index is 3.74. The number of allylic oxidation sites excluding steroid dienone is 1. The summed E-state index contributed by atoms with van der Waals surface area (Å²) in [4.78, 5) is 0. The average molecular weight is 439 g/mol. The standard InChI is InChI=1S/C9H19N.C8H14N2.C8H17N.2CH4/c1-9(2,3)8-6-4-5-7-10-8;1-6-9-5-7(10-6)8(2,3)4;1-8(2,3)7-5-4-6-9-7;;/h8,10H,4-7H2,1-3H3;5,9-10H,1H2,2-4H3;7,9H,4-6H2,1-3H3;2*1H4. The van der Waals surface area contributed by atoms with Crippen LogP contribution >= 0.6 is 0 Å². The minimum Gasteiger partial charge on any atom is -0.347 e. The van der Waals surface area contributed by atoms with Crippen LogP contribution in [0, 0.1) is 16.2 Å². The molecular formula is C27H58N4. The van der Waals surface area contributed by atoms with E-state index in [1.807, 2.05) is 6.20 Å². The molecule has 0 spiro atoms. The van der Waals surface area contributed by atoms with E-state index in [2.05, 4.69) is 90.2 Å². The molecule has 0 bridgehead atoms. The summed E-state index contributed by atoms with van der Waals surface area (Å²) in [5.41, 5.74) is 2.31. The number of hydrogen-bond acceptors (Lipinski definition) is 4. The van der Waals surface area contributed by atoms with Crippen molar-refractivity contribution in [2.45, 2.75) is 121 Å². The van der Waals surface area contributed by atoms with E-state index in [0.717, 1.165) is 17.9 Å². The number of hydrogen-bond donors (Lipinski definition) is 4. The van der Waals surface area contributed by atoms with Crippen molar-refractivity contribution in [2.24, 2.45) is 16.2 Å². The topological polar surface area (TPSA) is 48.1 Å². The van der Waals surface area contributed by atoms with Crippen molar-refractivity contribution < 1.29 is 0 Å². The Morgan fingerprint density at radius 2 is 1.19 bits per heavy atom. The van der Waals surface area contributed by atoms with E-state index >= 15 is 0 Å². The van der Waals surface area contributed by atoms with Gasteiger partial charge in [-0.3, -0.25) is 0 Å². The Labute approximate surface area is 196 Å². The summed E-state index contributed by atoms with van der Waals surface area (Å²) in [7, 11) is 0. The van der Waals surface area contributed by atoms with E-state index in [4.69, 9.17) is 0 Å². The second-order valence-electron chi connectivity index (χ2n) is 11.9. The lowest BCUT2D eigenvalue weighted by Gasteiger charge is -2.34. The van der Waals surface area contributed by atoms with Crippen molar-refractivity contribution in [2.75, 3.05) is 13.1 Å². The zero-order chi connectivity index (χ0) is 22.3. The van der Waals surface area contributed by atoms with Gasteiger partial charge in [0, 0.05) is 29.4 Å². The van der Waals surface area contributed by atoms with Crippen molar-refractivity contribution in [3.63, 3.8) is 0 Å². The summed E-state index contributed by atoms with van der Waals surface area (Å²) in [6.07, 6.45) is 8.83. The van der Waals surface area contributed by atoms with Crippen molar-refractivity contribution in [3.8, 4) is 0 Å². The van der Waals surface area contributed by atoms with Gasteiger partial charge in [-0.05, 0) is 49.6 Å². The first kappa shape index (κ1) is 32.2. The molecule has 2 atom stereocenters. The van der Waals surface area contributed by atoms with Gasteiger partial charge in [0.1, 0.15) is 0 Å². The van der Waals surface area contributed by atoms with Crippen LogP contribution in [0.1, 0.15) is 109 Å². The summed E-state index contributed by atoms with van der Waals surface area (Å²) in [6, 6.07) is 1.51. The lowest BCUT2D eigenvalue weighted by Crippen LogP contribution is -2.43. The molecule has 4 N–H and O–H groups in total. The van der Waals surface area contributed by atoms with Gasteiger partial charge < -0.3 is 21.3 Å². The van der Waals surface area contributed by atoms with E-state index in [-0.39, 0.29) is 20.3 Å². The Hall–Kier alpha value is -1.00. The Bertz CT molecular complexity index is 517. The van der Waals surface area contributed by atoms with Gasteiger partial charge in [0.05, 0.1) is 5.82 Å². The smallest absolute Gasteiger partial charge is 0.0995 e. The van der Waals surface area contributed by atoms with E-state index in [1.165, 1.54) is 50.9 Å². The lowest BCUT2D eigenvalue weighted by molar-refractivity contribution is 0.226. The highest BCUT2D eigenvalue weighted by atomic mass is 15.1. The van der Waals surface area contributed by atoms with Crippen molar-refractivity contribution in [1.82, 2.24) is 21.3 Å². The Balaban J connectivity index is 0. The van der Waals surface area contributed by atoms with Gasteiger partial charge in [0.15, 0.2) is 0 Å². The fourth-order valence-corrected chi connectivity index (χ4v) is 3.81. The van der Waals surface area contributed by atoms with Crippen LogP contribution in [0.4, 0.5) is 0 Å². The molecule has 4 nitrogen and oxygen atoms in total. The molecule has 3 heterocycles. The Morgan fingerprint density at radius 3 is 1.42 bits per heavy atom. The molecule has 0 aromatic rings. The highest BCUT2D eigenvalue weighted by Gasteiger charge is 2.26. The number of piperidine rings is 1. The first-order valence-corrected chi connectivity index (χ1v) is 11.6. The van der Waals surface area contributed by atoms with Gasteiger partial charge in [-0.25, -0.2) is 0 Å². The molecular weight excluding hydrogens is 380 g/mol. The summed E-state index contributed by atoms with van der Waals surface area (Å²) in [6.45, 7) is 26.5. The van der Waals surface area contributed by atoms with E-state index in [1.54, 1.807) is 0 Å². The third-order valence-electron chi connectivity index (χ3n) is 5.95. The van der Waals surface area contributed by atoms with Gasteiger partial charge in [-0.15, -0.1) is 0 Å². The largest absolute Gasteiger partial charge is 0.347 e. The maximum Gasteiger partial charge on any atom is 0.0995 e. The Morgan fingerprint density at radius 1 is 0.742 bits per heavy atom. The highest BCUT2D eigenvalue weighted by molar-refractivity contribution is 5.21. The predicted molar refractivity (Wildman–Crippen MR) is 142 cm³/mol. The van der Waals surface area contributed by atoms with Gasteiger partial charge in [-0.1, -0.05) is 90.2 Å². The fraction of sp³-hybridized carbons (Fsp3) is 0.852. The van der Waals surface area contributed by atoms with E-state index < -0.39 is 0 Å². The van der Waals surface area contributed by atoms with Crippen LogP contribution in [-0.2, 0) is 0 Å². The molecule has 186 valence electrons. The van der Waals surface area contributed by atoms with Crippen LogP contribution in [-0.4, -0.2) is 25.2 Å². The number of rotatable bonds is 0. The summed E-state index contributed by atoms with van der Waals surface area (Å²) >= 11 is 0. The summed E-state index contributed by atoms with van der Waals surface area (Å²) < 4.78 is 0. The molecule has 31 heavy (non-hydrogen) atoms. The molecule has 0 aromatic carbocycles. The third-order valence-corrected chi connectivity index (χ3v) is 5.95. The SMILES string of the molecule is C.C.C=C1NC=C(C(C)(C)C)N1.CC(C)(C)C1CCCCN1.CC(C)(C)C1CCCN1. The van der Waals surface area contributed by atoms with Crippen LogP contribution in [0.15, 0.2) is 24.3 Å². The molecule has 0 aliphatic carbocycles. The van der Waals surface area contributed by atoms with Crippen LogP contribution in [0.3, 0.4) is 0 Å².